The topological polar surface area (TPSA) is 66.9 Å². The van der Waals surface area contributed by atoms with Gasteiger partial charge in [-0.3, -0.25) is 10.1 Å². The van der Waals surface area contributed by atoms with Gasteiger partial charge in [0.1, 0.15) is 5.69 Å². The summed E-state index contributed by atoms with van der Waals surface area (Å²) in [5.74, 6) is 0.279. The summed E-state index contributed by atoms with van der Waals surface area (Å²) >= 11 is 7.30. The Morgan fingerprint density at radius 3 is 2.73 bits per heavy atom. The minimum Gasteiger partial charge on any atom is -0.317 e. The van der Waals surface area contributed by atoms with Crippen molar-refractivity contribution < 1.29 is 4.79 Å². The van der Waals surface area contributed by atoms with Gasteiger partial charge in [-0.1, -0.05) is 11.6 Å². The van der Waals surface area contributed by atoms with E-state index in [2.05, 4.69) is 20.6 Å². The molecule has 0 bridgehead atoms. The predicted molar refractivity (Wildman–Crippen MR) is 91.4 cm³/mol. The second-order valence-corrected chi connectivity index (χ2v) is 6.41. The third kappa shape index (κ3) is 4.16. The molecule has 3 heterocycles. The molecule has 1 amide bonds. The zero-order valence-electron chi connectivity index (χ0n) is 11.7. The molecule has 2 aromatic rings. The molecule has 0 radical (unpaired) electrons. The first-order valence-corrected chi connectivity index (χ1v) is 8.01. The molecule has 0 aromatic carbocycles. The van der Waals surface area contributed by atoms with Crippen molar-refractivity contribution in [1.82, 2.24) is 15.3 Å². The van der Waals surface area contributed by atoms with Crippen molar-refractivity contribution >= 4 is 46.4 Å². The first-order valence-electron chi connectivity index (χ1n) is 6.82. The number of rotatable bonds is 3. The van der Waals surface area contributed by atoms with Crippen molar-refractivity contribution in [2.75, 3.05) is 18.4 Å². The van der Waals surface area contributed by atoms with Gasteiger partial charge in [0.05, 0.1) is 5.02 Å². The number of pyridine rings is 1. The molecular weight excluding hydrogens is 343 g/mol. The van der Waals surface area contributed by atoms with Crippen LogP contribution >= 0.6 is 35.3 Å². The molecule has 0 atom stereocenters. The van der Waals surface area contributed by atoms with Crippen molar-refractivity contribution in [2.45, 2.75) is 18.8 Å². The Morgan fingerprint density at radius 2 is 2.05 bits per heavy atom. The number of thiazole rings is 1. The van der Waals surface area contributed by atoms with E-state index in [1.807, 2.05) is 6.20 Å². The molecule has 2 aromatic heterocycles. The van der Waals surface area contributed by atoms with Crippen molar-refractivity contribution in [3.63, 3.8) is 0 Å². The largest absolute Gasteiger partial charge is 0.317 e. The Morgan fingerprint density at radius 1 is 1.27 bits per heavy atom. The van der Waals surface area contributed by atoms with Gasteiger partial charge in [-0.2, -0.15) is 0 Å². The highest BCUT2D eigenvalue weighted by molar-refractivity contribution is 7.15. The van der Waals surface area contributed by atoms with Gasteiger partial charge in [0.2, 0.25) is 0 Å². The minimum absolute atomic E-state index is 0. The molecule has 22 heavy (non-hydrogen) atoms. The van der Waals surface area contributed by atoms with E-state index in [1.54, 1.807) is 23.5 Å². The third-order valence-electron chi connectivity index (χ3n) is 3.45. The normalized spacial score (nSPS) is 15.1. The Labute approximate surface area is 143 Å². The molecule has 0 spiro atoms. The van der Waals surface area contributed by atoms with Crippen LogP contribution in [0.3, 0.4) is 0 Å². The van der Waals surface area contributed by atoms with Gasteiger partial charge in [0, 0.05) is 17.3 Å². The molecule has 0 aliphatic carbocycles. The monoisotopic (exact) mass is 358 g/mol. The van der Waals surface area contributed by atoms with Crippen molar-refractivity contribution in [3.05, 3.63) is 40.1 Å². The molecule has 0 saturated carbocycles. The first-order chi connectivity index (χ1) is 10.2. The lowest BCUT2D eigenvalue weighted by atomic mass is 9.97. The van der Waals surface area contributed by atoms with Crippen LogP contribution in [0.25, 0.3) is 0 Å². The lowest BCUT2D eigenvalue weighted by Crippen LogP contribution is -2.26. The van der Waals surface area contributed by atoms with Crippen LogP contribution in [0.5, 0.6) is 0 Å². The van der Waals surface area contributed by atoms with Gasteiger partial charge >= 0.3 is 0 Å². The zero-order valence-corrected chi connectivity index (χ0v) is 14.1. The number of aromatic nitrogens is 2. The Balaban J connectivity index is 0.00000176. The van der Waals surface area contributed by atoms with Gasteiger partial charge in [-0.25, -0.2) is 9.97 Å². The van der Waals surface area contributed by atoms with Crippen molar-refractivity contribution in [3.8, 4) is 0 Å². The van der Waals surface area contributed by atoms with Crippen molar-refractivity contribution in [2.24, 2.45) is 0 Å². The summed E-state index contributed by atoms with van der Waals surface area (Å²) in [5.41, 5.74) is 0.331. The summed E-state index contributed by atoms with van der Waals surface area (Å²) in [6.07, 6.45) is 5.56. The summed E-state index contributed by atoms with van der Waals surface area (Å²) in [6, 6.07) is 3.24. The maximum Gasteiger partial charge on any atom is 0.276 e. The number of halogens is 2. The fraction of sp³-hybridized carbons (Fsp3) is 0.357. The highest BCUT2D eigenvalue weighted by atomic mass is 35.5. The van der Waals surface area contributed by atoms with Gasteiger partial charge in [0.25, 0.3) is 5.91 Å². The fourth-order valence-corrected chi connectivity index (χ4v) is 3.40. The van der Waals surface area contributed by atoms with E-state index in [0.717, 1.165) is 25.9 Å². The Kier molecular flexibility index (Phi) is 6.14. The van der Waals surface area contributed by atoms with E-state index in [1.165, 1.54) is 11.1 Å². The number of nitrogens with one attached hydrogen (secondary N) is 2. The lowest BCUT2D eigenvalue weighted by Gasteiger charge is -2.20. The summed E-state index contributed by atoms with van der Waals surface area (Å²) in [5, 5.41) is 7.25. The van der Waals surface area contributed by atoms with E-state index in [0.29, 0.717) is 21.8 Å². The Bertz CT molecular complexity index is 626. The van der Waals surface area contributed by atoms with Gasteiger partial charge in [0.15, 0.2) is 5.13 Å². The van der Waals surface area contributed by atoms with Crippen LogP contribution in [-0.2, 0) is 0 Å². The maximum absolute atomic E-state index is 12.1. The molecule has 1 aliphatic rings. The number of hydrogen-bond acceptors (Lipinski definition) is 5. The summed E-state index contributed by atoms with van der Waals surface area (Å²) in [7, 11) is 0. The van der Waals surface area contributed by atoms with E-state index in [-0.39, 0.29) is 18.3 Å². The standard InChI is InChI=1S/C14H15ClN4OS.ClH/c15-10-1-2-11(17-7-10)13(20)19-14-18-8-12(21-14)9-3-5-16-6-4-9;/h1-2,7-9,16H,3-6H2,(H,18,19,20);1H. The number of amides is 1. The highest BCUT2D eigenvalue weighted by Gasteiger charge is 2.18. The van der Waals surface area contributed by atoms with Crippen LogP contribution in [0.2, 0.25) is 5.02 Å². The summed E-state index contributed by atoms with van der Waals surface area (Å²) in [4.78, 5) is 21.6. The minimum atomic E-state index is -0.266. The van der Waals surface area contributed by atoms with E-state index in [4.69, 9.17) is 11.6 Å². The molecule has 1 saturated heterocycles. The first kappa shape index (κ1) is 17.1. The smallest absolute Gasteiger partial charge is 0.276 e. The SMILES string of the molecule is Cl.O=C(Nc1ncc(C2CCNCC2)s1)c1ccc(Cl)cn1. The van der Waals surface area contributed by atoms with Crippen LogP contribution in [0.4, 0.5) is 5.13 Å². The van der Waals surface area contributed by atoms with Gasteiger partial charge in [-0.15, -0.1) is 23.7 Å². The molecule has 5 nitrogen and oxygen atoms in total. The third-order valence-corrected chi connectivity index (χ3v) is 4.74. The van der Waals surface area contributed by atoms with Crippen LogP contribution < -0.4 is 10.6 Å². The highest BCUT2D eigenvalue weighted by Crippen LogP contribution is 2.31. The quantitative estimate of drug-likeness (QED) is 0.882. The van der Waals surface area contributed by atoms with E-state index in [9.17, 15) is 4.79 Å². The van der Waals surface area contributed by atoms with Crippen LogP contribution in [-0.4, -0.2) is 29.0 Å². The number of nitrogens with zero attached hydrogens (tertiary/aromatic N) is 2. The second-order valence-electron chi connectivity index (χ2n) is 4.91. The van der Waals surface area contributed by atoms with Gasteiger partial charge < -0.3 is 5.32 Å². The molecule has 8 heteroatoms. The van der Waals surface area contributed by atoms with E-state index < -0.39 is 0 Å². The Hall–Kier alpha value is -1.21. The molecule has 3 rings (SSSR count). The lowest BCUT2D eigenvalue weighted by molar-refractivity contribution is 0.102. The van der Waals surface area contributed by atoms with Crippen LogP contribution in [0, 0.1) is 0 Å². The molecule has 1 fully saturated rings. The van der Waals surface area contributed by atoms with Crippen LogP contribution in [0.1, 0.15) is 34.1 Å². The number of piperidine rings is 1. The average Bonchev–Trinajstić information content (AvgIpc) is 2.97. The summed E-state index contributed by atoms with van der Waals surface area (Å²) < 4.78 is 0. The van der Waals surface area contributed by atoms with Crippen LogP contribution in [0.15, 0.2) is 24.5 Å². The number of carbonyl (C=O) groups is 1. The molecule has 1 aliphatic heterocycles. The van der Waals surface area contributed by atoms with Gasteiger partial charge in [-0.05, 0) is 44.0 Å². The number of hydrogen-bond donors (Lipinski definition) is 2. The van der Waals surface area contributed by atoms with E-state index >= 15 is 0 Å². The molecule has 2 N–H and O–H groups in total. The summed E-state index contributed by atoms with van der Waals surface area (Å²) in [6.45, 7) is 2.08. The molecule has 0 unspecified atom stereocenters. The average molecular weight is 359 g/mol. The molecule has 118 valence electrons. The predicted octanol–water partition coefficient (Wildman–Crippen LogP) is 3.33. The fourth-order valence-electron chi connectivity index (χ4n) is 2.31. The van der Waals surface area contributed by atoms with Crippen molar-refractivity contribution in [1.29, 1.82) is 0 Å². The zero-order chi connectivity index (χ0) is 14.7. The number of carbonyl (C=O) groups excluding carboxylic acids is 1. The molecular formula is C14H16Cl2N4OS. The second kappa shape index (κ2) is 7.87. The maximum atomic E-state index is 12.1. The number of anilines is 1.